The van der Waals surface area contributed by atoms with Crippen molar-refractivity contribution in [1.82, 2.24) is 44.3 Å². The van der Waals surface area contributed by atoms with E-state index in [-0.39, 0.29) is 60.6 Å². The molecule has 17 nitrogen and oxygen atoms in total. The molecule has 3 amide bonds. The Hall–Kier alpha value is -5.29. The number of likely N-dealkylation sites (tertiary alicyclic amines) is 2. The molecule has 2 N–H and O–H groups in total. The summed E-state index contributed by atoms with van der Waals surface area (Å²) in [5, 5.41) is 5.44. The molecule has 9 aliphatic rings. The molecular weight excluding hydrogens is 1170 g/mol. The number of cyclic esters (lactones) is 1. The Morgan fingerprint density at radius 3 is 2.42 bits per heavy atom. The van der Waals surface area contributed by atoms with Gasteiger partial charge in [0.25, 0.3) is 5.91 Å². The van der Waals surface area contributed by atoms with Crippen molar-refractivity contribution in [3.05, 3.63) is 71.5 Å². The number of amides is 3. The van der Waals surface area contributed by atoms with Gasteiger partial charge in [-0.05, 0) is 164 Å². The van der Waals surface area contributed by atoms with Crippen LogP contribution in [0.4, 0.5) is 18.9 Å². The Bertz CT molecular complexity index is 3360. The number of alkyl halides is 3. The van der Waals surface area contributed by atoms with Crippen LogP contribution in [-0.2, 0) is 59.4 Å². The van der Waals surface area contributed by atoms with Gasteiger partial charge >= 0.3 is 12.1 Å². The Morgan fingerprint density at radius 1 is 0.900 bits per heavy atom. The van der Waals surface area contributed by atoms with Gasteiger partial charge in [-0.1, -0.05) is 63.4 Å². The smallest absolute Gasteiger partial charge is 0.406 e. The molecule has 2 aromatic heterocycles. The van der Waals surface area contributed by atoms with Crippen LogP contribution in [0.2, 0.25) is 0 Å². The first-order chi connectivity index (χ1) is 42.9. The van der Waals surface area contributed by atoms with E-state index in [2.05, 4.69) is 25.4 Å². The van der Waals surface area contributed by atoms with Gasteiger partial charge < -0.3 is 33.7 Å². The van der Waals surface area contributed by atoms with Gasteiger partial charge in [0, 0.05) is 104 Å². The molecule has 2 saturated carbocycles. The van der Waals surface area contributed by atoms with E-state index in [9.17, 15) is 14.1 Å². The van der Waals surface area contributed by atoms with Crippen LogP contribution < -0.4 is 15.6 Å². The monoisotopic (exact) mass is 1260 g/mol. The van der Waals surface area contributed by atoms with Crippen molar-refractivity contribution in [2.24, 2.45) is 22.7 Å². The van der Waals surface area contributed by atoms with E-state index in [1.807, 2.05) is 99.4 Å². The maximum absolute atomic E-state index is 15.5. The summed E-state index contributed by atoms with van der Waals surface area (Å²) in [5.74, 6) is -0.564. The van der Waals surface area contributed by atoms with Crippen LogP contribution in [0.25, 0.3) is 33.3 Å². The third-order valence-corrected chi connectivity index (χ3v) is 23.4. The largest absolute Gasteiger partial charge is 0.597 e. The molecule has 9 heterocycles. The molecule has 0 radical (unpaired) electrons. The second-order valence-electron chi connectivity index (χ2n) is 29.8. The minimum absolute atomic E-state index is 0.0316. The second kappa shape index (κ2) is 24.9. The van der Waals surface area contributed by atoms with Crippen LogP contribution in [0.5, 0.6) is 0 Å². The van der Waals surface area contributed by atoms with Gasteiger partial charge in [0.2, 0.25) is 11.8 Å². The Balaban J connectivity index is 0.833. The van der Waals surface area contributed by atoms with Gasteiger partial charge in [0.15, 0.2) is 6.04 Å². The number of benzene rings is 2. The lowest BCUT2D eigenvalue weighted by Crippen LogP contribution is -2.62. The fourth-order valence-corrected chi connectivity index (χ4v) is 18.1. The summed E-state index contributed by atoms with van der Waals surface area (Å²) in [6.07, 6.45) is 8.92. The number of pyridine rings is 1. The quantitative estimate of drug-likeness (QED) is 0.0782. The number of anilines is 1. The molecule has 4 aromatic rings. The number of rotatable bonds is 12. The topological polar surface area (TPSA) is 171 Å². The number of esters is 1. The van der Waals surface area contributed by atoms with E-state index < -0.39 is 64.4 Å². The number of carbonyl (C=O) groups excluding carboxylic acids is 4. The van der Waals surface area contributed by atoms with Crippen LogP contribution in [0, 0.1) is 22.7 Å². The number of piperidine rings is 1. The zero-order valence-electron chi connectivity index (χ0n) is 53.8. The van der Waals surface area contributed by atoms with Gasteiger partial charge in [-0.25, -0.2) is 5.43 Å². The predicted molar refractivity (Wildman–Crippen MR) is 341 cm³/mol. The van der Waals surface area contributed by atoms with Gasteiger partial charge in [-0.15, -0.1) is 4.31 Å². The third-order valence-electron chi connectivity index (χ3n) is 21.5. The number of aromatic nitrogens is 2. The van der Waals surface area contributed by atoms with Crippen molar-refractivity contribution in [2.45, 2.75) is 198 Å². The van der Waals surface area contributed by atoms with Crippen molar-refractivity contribution in [1.29, 1.82) is 0 Å². The van der Waals surface area contributed by atoms with Crippen LogP contribution >= 0.6 is 0 Å². The number of methoxy groups -OCH3 is 1. The van der Waals surface area contributed by atoms with Crippen LogP contribution in [0.15, 0.2) is 54.7 Å². The third kappa shape index (κ3) is 12.9. The Kier molecular flexibility index (Phi) is 17.5. The van der Waals surface area contributed by atoms with Crippen LogP contribution in [0.1, 0.15) is 148 Å². The lowest BCUT2D eigenvalue weighted by Gasteiger charge is -2.45. The number of fused-ring (bicyclic) bond motifs is 7. The molecular formula is C69H93F3N10O7S. The number of halogens is 3. The molecule has 7 aliphatic heterocycles. The Labute approximate surface area is 531 Å². The number of nitrogens with one attached hydrogen (secondary N) is 2. The fourth-order valence-electron chi connectivity index (χ4n) is 16.6. The summed E-state index contributed by atoms with van der Waals surface area (Å²) in [4.78, 5) is 73.8. The number of piperazine rings is 1. The van der Waals surface area contributed by atoms with E-state index in [1.165, 1.54) is 16.0 Å². The SMILES string of the molecule is CO[C@@H](C)c1ncc(N2CCN3CCCC[C@@H]3C2)cc1-c1c2c3cc(ccc3n1CC(F)(F)F)-c1cccc(c1)C[C@H](NC(=O)[C@H](C1CCCC1)N1CC[C@]3(CCN(C(=O)[C@H]4[C@@H](C5CC5)N4[S@+]([O-])C(C)(C)C)C3)C1)C(=O)N1CCC[C@H](N1)C(=O)OCC(C)(C)C2. The zero-order valence-corrected chi connectivity index (χ0v) is 54.6. The molecule has 6 bridgehead atoms. The average Bonchev–Trinajstić information content (AvgIpc) is 1.56. The van der Waals surface area contributed by atoms with E-state index in [0.29, 0.717) is 90.9 Å². The highest BCUT2D eigenvalue weighted by Gasteiger charge is 2.68. The molecule has 488 valence electrons. The van der Waals surface area contributed by atoms with Crippen molar-refractivity contribution in [3.8, 4) is 22.4 Å². The number of hydrazine groups is 1. The lowest BCUT2D eigenvalue weighted by molar-refractivity contribution is -0.155. The summed E-state index contributed by atoms with van der Waals surface area (Å²) in [5.41, 5.74) is 7.93. The zero-order chi connectivity index (χ0) is 63.2. The number of nitrogens with zero attached hydrogens (tertiary/aromatic N) is 8. The van der Waals surface area contributed by atoms with E-state index in [1.54, 1.807) is 13.2 Å². The van der Waals surface area contributed by atoms with Gasteiger partial charge in [-0.2, -0.15) is 13.2 Å². The molecule has 10 atom stereocenters. The maximum atomic E-state index is 15.5. The minimum atomic E-state index is -4.61. The summed E-state index contributed by atoms with van der Waals surface area (Å²) in [6.45, 7) is 16.8. The lowest BCUT2D eigenvalue weighted by atomic mass is 9.84. The highest BCUT2D eigenvalue weighted by atomic mass is 32.2. The number of ether oxygens (including phenoxy) is 2. The molecule has 2 aliphatic carbocycles. The minimum Gasteiger partial charge on any atom is -0.597 e. The first kappa shape index (κ1) is 63.5. The summed E-state index contributed by atoms with van der Waals surface area (Å²) >= 11 is -1.28. The average molecular weight is 1260 g/mol. The van der Waals surface area contributed by atoms with Crippen LogP contribution in [0.3, 0.4) is 0 Å². The molecule has 8 fully saturated rings. The van der Waals surface area contributed by atoms with Crippen molar-refractivity contribution in [3.63, 3.8) is 0 Å². The van der Waals surface area contributed by atoms with Crippen molar-refractivity contribution in [2.75, 3.05) is 77.5 Å². The van der Waals surface area contributed by atoms with Gasteiger partial charge in [0.1, 0.15) is 23.4 Å². The summed E-state index contributed by atoms with van der Waals surface area (Å²) in [6, 6.07) is 13.1. The first-order valence-electron chi connectivity index (χ1n) is 33.6. The first-order valence-corrected chi connectivity index (χ1v) is 34.7. The predicted octanol–water partition coefficient (Wildman–Crippen LogP) is 9.37. The molecule has 1 spiro atoms. The highest BCUT2D eigenvalue weighted by molar-refractivity contribution is 7.90. The molecule has 2 aromatic carbocycles. The molecule has 6 saturated heterocycles. The number of hydrogen-bond donors (Lipinski definition) is 2. The summed E-state index contributed by atoms with van der Waals surface area (Å²) in [7, 11) is 1.58. The van der Waals surface area contributed by atoms with Crippen molar-refractivity contribution < 1.29 is 46.4 Å². The summed E-state index contributed by atoms with van der Waals surface area (Å²) < 4.78 is 74.8. The molecule has 90 heavy (non-hydrogen) atoms. The highest BCUT2D eigenvalue weighted by Crippen LogP contribution is 2.53. The normalized spacial score (nSPS) is 29.1. The molecule has 21 heteroatoms. The van der Waals surface area contributed by atoms with E-state index in [0.717, 1.165) is 113 Å². The van der Waals surface area contributed by atoms with E-state index in [4.69, 9.17) is 14.5 Å². The van der Waals surface area contributed by atoms with Crippen LogP contribution in [-0.4, -0.2) is 182 Å². The van der Waals surface area contributed by atoms with Crippen molar-refractivity contribution >= 4 is 51.6 Å². The second-order valence-corrected chi connectivity index (χ2v) is 32.0. The van der Waals surface area contributed by atoms with Gasteiger partial charge in [0.05, 0.1) is 48.1 Å². The number of hydrogen-bond acceptors (Lipinski definition) is 13. The Morgan fingerprint density at radius 2 is 1.67 bits per heavy atom. The standard InChI is InChI=1S/C69H93F3N10O7S/c1-43(88-7)57-52(35-50(37-73-57)77-31-30-76-26-11-10-18-49(76)38-77)60-53-36-67(5,6)42-89-65(86)54-19-13-27-81(75-54)63(84)55(33-44-14-12-17-47(32-44)48-22-23-56(51(53)34-48)80(60)41-69(70,71)72)74-62(83)59(45-15-8-9-16-45)78-28-24-68(39-78)25-29-79(40-68)64(85)61-58(46-20-21-46)82(61)90(87)66(2,3)4/h12,14,17,22-23,32,34-35,37,43,45-46,49,54-55,58-59,61,75H,8-11,13,15-16,18-21,24-31,33,36,38-42H2,1-7H3,(H,74,83)/t43-,49+,54-,55-,58+,59-,61+,68-,82?,90+/m0/s1. The van der Waals surface area contributed by atoms with E-state index >= 15 is 22.8 Å². The molecule has 1 unspecified atom stereocenters. The maximum Gasteiger partial charge on any atom is 0.406 e. The fraction of sp³-hybridized carbons (Fsp3) is 0.667. The van der Waals surface area contributed by atoms with Gasteiger partial charge in [-0.3, -0.25) is 39.0 Å². The number of carbonyl (C=O) groups is 4. The molecule has 13 rings (SSSR count).